The standard InChI is InChI=1S/C12H16BrNO/c1-3-14-11-8(2)7-15-12-9(11)5-4-6-10(12)13/h4-6,8,11,14H,3,7H2,1-2H3. The average molecular weight is 270 g/mol. The monoisotopic (exact) mass is 269 g/mol. The molecule has 0 saturated carbocycles. The molecule has 0 spiro atoms. The third kappa shape index (κ3) is 2.04. The Balaban J connectivity index is 2.39. The molecule has 3 heteroatoms. The Bertz CT molecular complexity index is 353. The van der Waals surface area contributed by atoms with E-state index in [-0.39, 0.29) is 0 Å². The van der Waals surface area contributed by atoms with Crippen LogP contribution in [-0.2, 0) is 0 Å². The minimum absolute atomic E-state index is 0.413. The summed E-state index contributed by atoms with van der Waals surface area (Å²) in [7, 11) is 0. The maximum Gasteiger partial charge on any atom is 0.138 e. The Labute approximate surface area is 99.1 Å². The first-order valence-electron chi connectivity index (χ1n) is 5.38. The summed E-state index contributed by atoms with van der Waals surface area (Å²) in [6.45, 7) is 6.13. The molecule has 2 unspecified atom stereocenters. The van der Waals surface area contributed by atoms with Crippen molar-refractivity contribution < 1.29 is 4.74 Å². The Kier molecular flexibility index (Phi) is 3.32. The number of fused-ring (bicyclic) bond motifs is 1. The van der Waals surface area contributed by atoms with Crippen LogP contribution in [0, 0.1) is 5.92 Å². The highest BCUT2D eigenvalue weighted by molar-refractivity contribution is 9.10. The number of para-hydroxylation sites is 1. The first-order valence-corrected chi connectivity index (χ1v) is 6.18. The fraction of sp³-hybridized carbons (Fsp3) is 0.500. The van der Waals surface area contributed by atoms with Gasteiger partial charge in [0.1, 0.15) is 5.75 Å². The zero-order chi connectivity index (χ0) is 10.8. The summed E-state index contributed by atoms with van der Waals surface area (Å²) in [6, 6.07) is 6.64. The molecule has 0 amide bonds. The second-order valence-electron chi connectivity index (χ2n) is 3.98. The zero-order valence-electron chi connectivity index (χ0n) is 9.09. The smallest absolute Gasteiger partial charge is 0.138 e. The summed E-state index contributed by atoms with van der Waals surface area (Å²) < 4.78 is 6.81. The molecular weight excluding hydrogens is 254 g/mol. The van der Waals surface area contributed by atoms with Crippen molar-refractivity contribution in [3.63, 3.8) is 0 Å². The number of hydrogen-bond acceptors (Lipinski definition) is 2. The fourth-order valence-electron chi connectivity index (χ4n) is 2.07. The van der Waals surface area contributed by atoms with Gasteiger partial charge in [0, 0.05) is 17.5 Å². The molecule has 0 aliphatic carbocycles. The van der Waals surface area contributed by atoms with Gasteiger partial charge in [0.2, 0.25) is 0 Å². The maximum atomic E-state index is 5.76. The first-order chi connectivity index (χ1) is 7.24. The van der Waals surface area contributed by atoms with Crippen LogP contribution in [0.25, 0.3) is 0 Å². The quantitative estimate of drug-likeness (QED) is 0.891. The molecule has 2 atom stereocenters. The van der Waals surface area contributed by atoms with Crippen molar-refractivity contribution in [2.24, 2.45) is 5.92 Å². The Morgan fingerprint density at radius 2 is 2.33 bits per heavy atom. The van der Waals surface area contributed by atoms with E-state index in [9.17, 15) is 0 Å². The van der Waals surface area contributed by atoms with Crippen LogP contribution in [0.3, 0.4) is 0 Å². The predicted molar refractivity (Wildman–Crippen MR) is 65.2 cm³/mol. The lowest BCUT2D eigenvalue weighted by molar-refractivity contribution is 0.188. The van der Waals surface area contributed by atoms with Crippen molar-refractivity contribution >= 4 is 15.9 Å². The summed E-state index contributed by atoms with van der Waals surface area (Å²) in [4.78, 5) is 0. The number of benzene rings is 1. The molecule has 0 fully saturated rings. The minimum Gasteiger partial charge on any atom is -0.492 e. The van der Waals surface area contributed by atoms with Gasteiger partial charge in [-0.2, -0.15) is 0 Å². The Morgan fingerprint density at radius 1 is 1.53 bits per heavy atom. The van der Waals surface area contributed by atoms with Gasteiger partial charge < -0.3 is 10.1 Å². The van der Waals surface area contributed by atoms with E-state index < -0.39 is 0 Å². The Morgan fingerprint density at radius 3 is 3.07 bits per heavy atom. The van der Waals surface area contributed by atoms with Gasteiger partial charge in [-0.1, -0.05) is 26.0 Å². The molecule has 2 rings (SSSR count). The summed E-state index contributed by atoms with van der Waals surface area (Å²) in [6.07, 6.45) is 0. The number of ether oxygens (including phenoxy) is 1. The van der Waals surface area contributed by atoms with Gasteiger partial charge in [-0.15, -0.1) is 0 Å². The molecule has 1 heterocycles. The summed E-state index contributed by atoms with van der Waals surface area (Å²) >= 11 is 3.53. The molecule has 1 aromatic carbocycles. The van der Waals surface area contributed by atoms with E-state index in [1.807, 2.05) is 6.07 Å². The number of rotatable bonds is 2. The van der Waals surface area contributed by atoms with Crippen molar-refractivity contribution in [3.8, 4) is 5.75 Å². The van der Waals surface area contributed by atoms with Crippen LogP contribution in [0.2, 0.25) is 0 Å². The second-order valence-corrected chi connectivity index (χ2v) is 4.84. The van der Waals surface area contributed by atoms with Crippen molar-refractivity contribution in [3.05, 3.63) is 28.2 Å². The molecule has 0 aromatic heterocycles. The molecule has 1 aliphatic rings. The molecule has 15 heavy (non-hydrogen) atoms. The first kappa shape index (κ1) is 11.0. The largest absolute Gasteiger partial charge is 0.492 e. The lowest BCUT2D eigenvalue weighted by Gasteiger charge is -2.32. The van der Waals surface area contributed by atoms with Gasteiger partial charge in [0.25, 0.3) is 0 Å². The SMILES string of the molecule is CCNC1c2cccc(Br)c2OCC1C. The minimum atomic E-state index is 0.413. The van der Waals surface area contributed by atoms with Crippen molar-refractivity contribution in [2.75, 3.05) is 13.2 Å². The van der Waals surface area contributed by atoms with Crippen LogP contribution >= 0.6 is 15.9 Å². The third-order valence-corrected chi connectivity index (χ3v) is 3.44. The van der Waals surface area contributed by atoms with Gasteiger partial charge in [-0.3, -0.25) is 0 Å². The molecule has 0 bridgehead atoms. The lowest BCUT2D eigenvalue weighted by Crippen LogP contribution is -2.33. The van der Waals surface area contributed by atoms with E-state index in [2.05, 4.69) is 47.2 Å². The highest BCUT2D eigenvalue weighted by Crippen LogP contribution is 2.39. The van der Waals surface area contributed by atoms with Crippen molar-refractivity contribution in [1.82, 2.24) is 5.32 Å². The lowest BCUT2D eigenvalue weighted by atomic mass is 9.92. The molecule has 2 nitrogen and oxygen atoms in total. The summed E-state index contributed by atoms with van der Waals surface area (Å²) in [5.41, 5.74) is 1.27. The van der Waals surface area contributed by atoms with Gasteiger partial charge in [0.15, 0.2) is 0 Å². The van der Waals surface area contributed by atoms with Crippen molar-refractivity contribution in [2.45, 2.75) is 19.9 Å². The number of hydrogen-bond donors (Lipinski definition) is 1. The van der Waals surface area contributed by atoms with Crippen molar-refractivity contribution in [1.29, 1.82) is 0 Å². The summed E-state index contributed by atoms with van der Waals surface area (Å²) in [5, 5.41) is 3.52. The highest BCUT2D eigenvalue weighted by atomic mass is 79.9. The second kappa shape index (κ2) is 4.54. The third-order valence-electron chi connectivity index (χ3n) is 2.82. The molecule has 0 radical (unpaired) electrons. The summed E-state index contributed by atoms with van der Waals surface area (Å²) in [5.74, 6) is 1.52. The predicted octanol–water partition coefficient (Wildman–Crippen LogP) is 3.13. The van der Waals surface area contributed by atoms with Crippen LogP contribution in [-0.4, -0.2) is 13.2 Å². The average Bonchev–Trinajstić information content (AvgIpc) is 2.23. The zero-order valence-corrected chi connectivity index (χ0v) is 10.7. The van der Waals surface area contributed by atoms with Gasteiger partial charge in [-0.25, -0.2) is 0 Å². The van der Waals surface area contributed by atoms with Gasteiger partial charge in [-0.05, 0) is 28.5 Å². The maximum absolute atomic E-state index is 5.76. The highest BCUT2D eigenvalue weighted by Gasteiger charge is 2.28. The van der Waals surface area contributed by atoms with E-state index in [0.29, 0.717) is 12.0 Å². The number of halogens is 1. The molecule has 0 saturated heterocycles. The van der Waals surface area contributed by atoms with E-state index in [1.165, 1.54) is 5.56 Å². The van der Waals surface area contributed by atoms with E-state index in [0.717, 1.165) is 23.4 Å². The van der Waals surface area contributed by atoms with E-state index >= 15 is 0 Å². The van der Waals surface area contributed by atoms with Crippen LogP contribution < -0.4 is 10.1 Å². The van der Waals surface area contributed by atoms with Crippen LogP contribution in [0.4, 0.5) is 0 Å². The molecule has 1 aliphatic heterocycles. The molecule has 1 N–H and O–H groups in total. The van der Waals surface area contributed by atoms with Crippen LogP contribution in [0.15, 0.2) is 22.7 Å². The van der Waals surface area contributed by atoms with Crippen LogP contribution in [0.1, 0.15) is 25.5 Å². The Hall–Kier alpha value is -0.540. The molecular formula is C12H16BrNO. The number of nitrogens with one attached hydrogen (secondary N) is 1. The van der Waals surface area contributed by atoms with E-state index in [1.54, 1.807) is 0 Å². The van der Waals surface area contributed by atoms with Gasteiger partial charge in [0.05, 0.1) is 11.1 Å². The van der Waals surface area contributed by atoms with Crippen LogP contribution in [0.5, 0.6) is 5.75 Å². The van der Waals surface area contributed by atoms with E-state index in [4.69, 9.17) is 4.74 Å². The fourth-order valence-corrected chi connectivity index (χ4v) is 2.57. The van der Waals surface area contributed by atoms with Gasteiger partial charge >= 0.3 is 0 Å². The topological polar surface area (TPSA) is 21.3 Å². The normalized spacial score (nSPS) is 24.5. The molecule has 1 aromatic rings. The molecule has 82 valence electrons.